The van der Waals surface area contributed by atoms with Crippen molar-refractivity contribution in [2.75, 3.05) is 0 Å². The largest absolute Gasteiger partial charge is 0.326 e. The Labute approximate surface area is 432 Å². The van der Waals surface area contributed by atoms with Gasteiger partial charge < -0.3 is 22.9 Å². The zero-order chi connectivity index (χ0) is 47.8. The Hall–Kier alpha value is -6.08. The minimum Gasteiger partial charge on any atom is -0.326 e. The van der Waals surface area contributed by atoms with Crippen molar-refractivity contribution in [1.82, 2.24) is 39.9 Å². The molecule has 0 aliphatic heterocycles. The molecule has 0 saturated heterocycles. The maximum atomic E-state index is 5.88. The van der Waals surface area contributed by atoms with Crippen molar-refractivity contribution in [2.45, 2.75) is 64.0 Å². The molecular formula is C54H60N12S4. The first-order chi connectivity index (χ1) is 33.4. The average molecular weight is 1010 g/mol. The molecule has 0 fully saturated rings. The molecule has 0 aliphatic carbocycles. The highest BCUT2D eigenvalue weighted by Gasteiger charge is 2.15. The molecule has 8 heterocycles. The van der Waals surface area contributed by atoms with Gasteiger partial charge >= 0.3 is 0 Å². The van der Waals surface area contributed by atoms with Gasteiger partial charge in [-0.25, -0.2) is 0 Å². The second kappa shape index (κ2) is 27.3. The van der Waals surface area contributed by atoms with Crippen LogP contribution < -0.4 is 22.9 Å². The van der Waals surface area contributed by atoms with E-state index in [9.17, 15) is 0 Å². The fourth-order valence-electron chi connectivity index (χ4n) is 7.74. The molecule has 70 heavy (non-hydrogen) atoms. The van der Waals surface area contributed by atoms with Crippen LogP contribution in [0.5, 0.6) is 0 Å². The van der Waals surface area contributed by atoms with Crippen molar-refractivity contribution in [3.05, 3.63) is 191 Å². The highest BCUT2D eigenvalue weighted by Crippen LogP contribution is 2.33. The molecule has 0 atom stereocenters. The molecule has 12 nitrogen and oxygen atoms in total. The van der Waals surface area contributed by atoms with Gasteiger partial charge in [-0.1, -0.05) is 39.1 Å². The lowest BCUT2D eigenvalue weighted by Gasteiger charge is -2.13. The number of nitrogens with zero attached hydrogens (tertiary/aromatic N) is 8. The molecule has 8 N–H and O–H groups in total. The highest BCUT2D eigenvalue weighted by atomic mass is 32.1. The van der Waals surface area contributed by atoms with E-state index in [1.54, 1.807) is 49.6 Å². The molecule has 8 aromatic heterocycles. The van der Waals surface area contributed by atoms with Crippen LogP contribution in [0.25, 0.3) is 66.4 Å². The van der Waals surface area contributed by atoms with Crippen LogP contribution in [0.4, 0.5) is 0 Å². The quantitative estimate of drug-likeness (QED) is 0.0476. The number of fused-ring (bicyclic) bond motifs is 6. The van der Waals surface area contributed by atoms with Crippen molar-refractivity contribution in [1.29, 1.82) is 0 Å². The molecule has 360 valence electrons. The summed E-state index contributed by atoms with van der Waals surface area (Å²) in [7, 11) is 0. The molecule has 0 amide bonds. The van der Waals surface area contributed by atoms with Gasteiger partial charge in [-0.3, -0.25) is 39.9 Å². The third-order valence-electron chi connectivity index (χ3n) is 11.1. The summed E-state index contributed by atoms with van der Waals surface area (Å²) < 4.78 is 0. The first-order valence-corrected chi connectivity index (χ1v) is 24.2. The van der Waals surface area contributed by atoms with E-state index in [1.165, 1.54) is 11.1 Å². The van der Waals surface area contributed by atoms with E-state index >= 15 is 0 Å². The molecule has 10 aromatic rings. The van der Waals surface area contributed by atoms with Crippen molar-refractivity contribution in [3.8, 4) is 22.8 Å². The second-order valence-corrected chi connectivity index (χ2v) is 16.4. The summed E-state index contributed by atoms with van der Waals surface area (Å²) in [4.78, 5) is 35.0. The Morgan fingerprint density at radius 1 is 0.300 bits per heavy atom. The second-order valence-electron chi connectivity index (χ2n) is 15.2. The Balaban J connectivity index is 0.000000173. The van der Waals surface area contributed by atoms with Gasteiger partial charge in [0.25, 0.3) is 0 Å². The average Bonchev–Trinajstić information content (AvgIpc) is 3.42. The lowest BCUT2D eigenvalue weighted by molar-refractivity contribution is 1.00. The number of benzene rings is 2. The van der Waals surface area contributed by atoms with Crippen LogP contribution in [-0.2, 0) is 49.2 Å². The fraction of sp³-hybridized carbons (Fsp3) is 0.185. The van der Waals surface area contributed by atoms with Crippen molar-refractivity contribution in [2.24, 2.45) is 22.9 Å². The minimum atomic E-state index is 0. The zero-order valence-corrected chi connectivity index (χ0v) is 40.8. The lowest BCUT2D eigenvalue weighted by atomic mass is 9.96. The molecular weight excluding hydrogens is 945 g/mol. The number of rotatable bonds is 10. The van der Waals surface area contributed by atoms with Gasteiger partial charge in [0.2, 0.25) is 0 Å². The molecule has 0 saturated carbocycles. The molecule has 0 spiro atoms. The normalized spacial score (nSPS) is 10.5. The first kappa shape index (κ1) is 54.9. The zero-order valence-electron chi connectivity index (χ0n) is 37.2. The summed E-state index contributed by atoms with van der Waals surface area (Å²) >= 11 is 17.4. The standard InChI is InChI=1S/C14H14N4.C14H12N2S2.C12H14N4.C12H12N2S2.2CH4/c15-7-11-9-3-1-5-17-13(9)14-10(12(11)8-16)4-2-6-18-14;17-7-11-9-3-1-5-15-13(9)14-10(12(11)8-18)4-2-6-16-14;13-7-9-1-3-15-11(5-9)12-6-10(8-14)2-4-16-12;15-7-9-1-3-13-11(5-9)12-6-10(8-16)2-4-14-12;;/h1-6H,7-8,15-16H2;1-6,17-18H,7-8H2;1-6H,7-8,13-14H2;1-6,15-16H,7-8H2;2*1H4. The molecule has 2 aromatic carbocycles. The molecule has 0 bridgehead atoms. The van der Waals surface area contributed by atoms with Gasteiger partial charge in [0, 0.05) is 120 Å². The Kier molecular flexibility index (Phi) is 21.4. The van der Waals surface area contributed by atoms with Crippen LogP contribution in [0.15, 0.2) is 147 Å². The van der Waals surface area contributed by atoms with Crippen LogP contribution in [0, 0.1) is 0 Å². The summed E-state index contributed by atoms with van der Waals surface area (Å²) in [5, 5.41) is 4.35. The number of aromatic nitrogens is 8. The Morgan fingerprint density at radius 2 is 0.571 bits per heavy atom. The first-order valence-electron chi connectivity index (χ1n) is 21.7. The van der Waals surface area contributed by atoms with E-state index in [4.69, 9.17) is 22.9 Å². The van der Waals surface area contributed by atoms with Crippen molar-refractivity contribution < 1.29 is 0 Å². The van der Waals surface area contributed by atoms with Crippen LogP contribution >= 0.6 is 50.5 Å². The Bertz CT molecular complexity index is 2850. The van der Waals surface area contributed by atoms with Crippen LogP contribution in [0.3, 0.4) is 0 Å². The lowest BCUT2D eigenvalue weighted by Crippen LogP contribution is -2.08. The SMILES string of the molecule is C.C.NCc1c(CN)c2cccnc2c2ncccc12.NCc1ccnc(-c2cc(CN)ccn2)c1.SCc1c(CS)c2cccnc2c2ncccc12.SCc1ccnc(-c2cc(CS)ccn2)c1. The number of nitrogens with two attached hydrogens (primary N) is 4. The molecule has 10 rings (SSSR count). The number of hydrogen-bond donors (Lipinski definition) is 8. The maximum Gasteiger partial charge on any atom is 0.0968 e. The van der Waals surface area contributed by atoms with Crippen LogP contribution in [-0.4, -0.2) is 39.9 Å². The number of pyridine rings is 8. The van der Waals surface area contributed by atoms with E-state index < -0.39 is 0 Å². The van der Waals surface area contributed by atoms with Gasteiger partial charge in [-0.2, -0.15) is 50.5 Å². The minimum absolute atomic E-state index is 0. The van der Waals surface area contributed by atoms with Crippen molar-refractivity contribution >= 4 is 94.1 Å². The third-order valence-corrected chi connectivity index (χ3v) is 12.5. The summed E-state index contributed by atoms with van der Waals surface area (Å²) in [6.07, 6.45) is 14.2. The van der Waals surface area contributed by atoms with Gasteiger partial charge in [-0.05, 0) is 117 Å². The summed E-state index contributed by atoms with van der Waals surface area (Å²) in [5.74, 6) is 2.79. The topological polar surface area (TPSA) is 207 Å². The van der Waals surface area contributed by atoms with Gasteiger partial charge in [-0.15, -0.1) is 0 Å². The van der Waals surface area contributed by atoms with E-state index in [1.807, 2.05) is 84.9 Å². The third kappa shape index (κ3) is 12.8. The molecule has 0 radical (unpaired) electrons. The van der Waals surface area contributed by atoms with Gasteiger partial charge in [0.05, 0.1) is 44.8 Å². The summed E-state index contributed by atoms with van der Waals surface area (Å²) in [5.41, 5.74) is 39.0. The molecule has 0 aliphatic rings. The van der Waals surface area contributed by atoms with E-state index in [-0.39, 0.29) is 14.9 Å². The molecule has 16 heteroatoms. The molecule has 0 unspecified atom stereocenters. The number of hydrogen-bond acceptors (Lipinski definition) is 16. The highest BCUT2D eigenvalue weighted by molar-refractivity contribution is 7.80. The van der Waals surface area contributed by atoms with Crippen LogP contribution in [0.2, 0.25) is 0 Å². The number of thiol groups is 4. The van der Waals surface area contributed by atoms with Crippen molar-refractivity contribution in [3.63, 3.8) is 0 Å². The monoisotopic (exact) mass is 1000 g/mol. The predicted molar refractivity (Wildman–Crippen MR) is 305 cm³/mol. The predicted octanol–water partition coefficient (Wildman–Crippen LogP) is 10.7. The van der Waals surface area contributed by atoms with E-state index in [0.717, 1.165) is 99.8 Å². The smallest absolute Gasteiger partial charge is 0.0968 e. The summed E-state index contributed by atoms with van der Waals surface area (Å²) in [6, 6.07) is 31.6. The van der Waals surface area contributed by atoms with Crippen LogP contribution in [0.1, 0.15) is 59.4 Å². The maximum absolute atomic E-state index is 5.88. The van der Waals surface area contributed by atoms with Gasteiger partial charge in [0.15, 0.2) is 0 Å². The van der Waals surface area contributed by atoms with Gasteiger partial charge in [0.1, 0.15) is 0 Å². The Morgan fingerprint density at radius 3 is 0.829 bits per heavy atom. The van der Waals surface area contributed by atoms with E-state index in [2.05, 4.69) is 103 Å². The fourth-order valence-corrected chi connectivity index (χ4v) is 8.85. The summed E-state index contributed by atoms with van der Waals surface area (Å²) in [6.45, 7) is 1.93. The van der Waals surface area contributed by atoms with E-state index in [0.29, 0.717) is 49.2 Å².